The maximum absolute atomic E-state index is 12.8. The van der Waals surface area contributed by atoms with Crippen molar-refractivity contribution in [2.75, 3.05) is 0 Å². The van der Waals surface area contributed by atoms with Crippen molar-refractivity contribution in [2.24, 2.45) is 5.73 Å². The highest BCUT2D eigenvalue weighted by atomic mass is 32.1. The highest BCUT2D eigenvalue weighted by Crippen LogP contribution is 2.12. The predicted octanol–water partition coefficient (Wildman–Crippen LogP) is 1.53. The molecule has 2 rings (SSSR count). The number of benzene rings is 1. The largest absolute Gasteiger partial charge is 0.393 e. The van der Waals surface area contributed by atoms with E-state index in [0.717, 1.165) is 5.52 Å². The van der Waals surface area contributed by atoms with Gasteiger partial charge in [0.25, 0.3) is 0 Å². The standard InChI is InChI=1S/C9H8FN3S/c10-5-1-2-6-7(3-5)13-9(12-6)4-8(11)14/h1-3H,4H2,(H2,11,14)(H,12,13). The number of nitrogens with one attached hydrogen (secondary N) is 1. The zero-order chi connectivity index (χ0) is 10.1. The van der Waals surface area contributed by atoms with Crippen molar-refractivity contribution < 1.29 is 4.39 Å². The lowest BCUT2D eigenvalue weighted by atomic mass is 10.3. The molecule has 72 valence electrons. The van der Waals surface area contributed by atoms with Crippen LogP contribution in [0, 0.1) is 5.82 Å². The summed E-state index contributed by atoms with van der Waals surface area (Å²) < 4.78 is 12.8. The van der Waals surface area contributed by atoms with Gasteiger partial charge in [0.05, 0.1) is 22.4 Å². The van der Waals surface area contributed by atoms with E-state index in [2.05, 4.69) is 9.97 Å². The van der Waals surface area contributed by atoms with Gasteiger partial charge in [-0.25, -0.2) is 9.37 Å². The van der Waals surface area contributed by atoms with Gasteiger partial charge in [0.1, 0.15) is 11.6 Å². The van der Waals surface area contributed by atoms with E-state index in [9.17, 15) is 4.39 Å². The Morgan fingerprint density at radius 2 is 2.36 bits per heavy atom. The first-order valence-electron chi connectivity index (χ1n) is 4.07. The molecule has 0 aliphatic heterocycles. The third-order valence-electron chi connectivity index (χ3n) is 1.83. The number of rotatable bonds is 2. The first-order chi connectivity index (χ1) is 6.65. The number of aromatic nitrogens is 2. The van der Waals surface area contributed by atoms with E-state index in [1.54, 1.807) is 6.07 Å². The Labute approximate surface area is 85.1 Å². The molecule has 0 amide bonds. The Balaban J connectivity index is 2.46. The van der Waals surface area contributed by atoms with Gasteiger partial charge >= 0.3 is 0 Å². The zero-order valence-electron chi connectivity index (χ0n) is 7.25. The number of nitrogens with two attached hydrogens (primary N) is 1. The molecule has 0 radical (unpaired) electrons. The van der Waals surface area contributed by atoms with Gasteiger partial charge in [-0.05, 0) is 18.2 Å². The van der Waals surface area contributed by atoms with Crippen LogP contribution in [0.2, 0.25) is 0 Å². The van der Waals surface area contributed by atoms with Crippen LogP contribution in [-0.4, -0.2) is 15.0 Å². The number of H-pyrrole nitrogens is 1. The average Bonchev–Trinajstić information content (AvgIpc) is 2.44. The molecule has 0 saturated heterocycles. The highest BCUT2D eigenvalue weighted by Gasteiger charge is 2.04. The summed E-state index contributed by atoms with van der Waals surface area (Å²) in [7, 11) is 0. The van der Waals surface area contributed by atoms with Crippen molar-refractivity contribution in [1.82, 2.24) is 9.97 Å². The van der Waals surface area contributed by atoms with Gasteiger partial charge in [0.15, 0.2) is 0 Å². The number of nitrogens with zero attached hydrogens (tertiary/aromatic N) is 1. The fourth-order valence-corrected chi connectivity index (χ4v) is 1.42. The van der Waals surface area contributed by atoms with Gasteiger partial charge in [-0.15, -0.1) is 0 Å². The fraction of sp³-hybridized carbons (Fsp3) is 0.111. The molecule has 0 spiro atoms. The topological polar surface area (TPSA) is 54.7 Å². The molecule has 1 aromatic carbocycles. The molecule has 0 aliphatic carbocycles. The van der Waals surface area contributed by atoms with E-state index < -0.39 is 0 Å². The van der Waals surface area contributed by atoms with Crippen LogP contribution in [0.5, 0.6) is 0 Å². The predicted molar refractivity (Wildman–Crippen MR) is 56.5 cm³/mol. The number of fused-ring (bicyclic) bond motifs is 1. The normalized spacial score (nSPS) is 10.6. The van der Waals surface area contributed by atoms with E-state index in [1.165, 1.54) is 12.1 Å². The Morgan fingerprint density at radius 3 is 3.07 bits per heavy atom. The maximum atomic E-state index is 12.8. The minimum Gasteiger partial charge on any atom is -0.393 e. The summed E-state index contributed by atoms with van der Waals surface area (Å²) in [5, 5.41) is 0. The average molecular weight is 209 g/mol. The number of hydrogen-bond acceptors (Lipinski definition) is 2. The molecule has 2 aromatic rings. The van der Waals surface area contributed by atoms with Crippen molar-refractivity contribution in [1.29, 1.82) is 0 Å². The van der Waals surface area contributed by atoms with Gasteiger partial charge < -0.3 is 10.7 Å². The molecule has 3 N–H and O–H groups in total. The van der Waals surface area contributed by atoms with Crippen LogP contribution in [0.15, 0.2) is 18.2 Å². The molecule has 0 aliphatic rings. The van der Waals surface area contributed by atoms with Crippen LogP contribution in [0.1, 0.15) is 5.82 Å². The third-order valence-corrected chi connectivity index (χ3v) is 1.98. The molecular formula is C9H8FN3S. The third kappa shape index (κ3) is 1.72. The molecule has 0 atom stereocenters. The summed E-state index contributed by atoms with van der Waals surface area (Å²) in [5.41, 5.74) is 6.76. The molecule has 3 nitrogen and oxygen atoms in total. The molecule has 1 heterocycles. The second kappa shape index (κ2) is 3.34. The number of imidazole rings is 1. The summed E-state index contributed by atoms with van der Waals surface area (Å²) in [4.78, 5) is 7.52. The van der Waals surface area contributed by atoms with Gasteiger partial charge in [-0.1, -0.05) is 12.2 Å². The first-order valence-corrected chi connectivity index (χ1v) is 4.48. The van der Waals surface area contributed by atoms with E-state index in [4.69, 9.17) is 18.0 Å². The van der Waals surface area contributed by atoms with Gasteiger partial charge in [0.2, 0.25) is 0 Å². The van der Waals surface area contributed by atoms with Crippen LogP contribution in [0.25, 0.3) is 11.0 Å². The molecule has 1 aromatic heterocycles. The van der Waals surface area contributed by atoms with Crippen LogP contribution in [-0.2, 0) is 6.42 Å². The monoisotopic (exact) mass is 209 g/mol. The second-order valence-electron chi connectivity index (χ2n) is 2.99. The molecular weight excluding hydrogens is 201 g/mol. The molecule has 14 heavy (non-hydrogen) atoms. The number of aromatic amines is 1. The Bertz CT molecular complexity index is 492. The molecule has 0 saturated carbocycles. The lowest BCUT2D eigenvalue weighted by Crippen LogP contribution is -2.11. The number of thiocarbonyl (C=S) groups is 1. The smallest absolute Gasteiger partial charge is 0.125 e. The second-order valence-corrected chi connectivity index (χ2v) is 3.51. The van der Waals surface area contributed by atoms with Gasteiger partial charge in [0, 0.05) is 0 Å². The molecule has 0 fully saturated rings. The fourth-order valence-electron chi connectivity index (χ4n) is 1.28. The summed E-state index contributed by atoms with van der Waals surface area (Å²) in [6, 6.07) is 4.38. The SMILES string of the molecule is NC(=S)Cc1nc2ccc(F)cc2[nH]1. The minimum atomic E-state index is -0.289. The number of halogens is 1. The van der Waals surface area contributed by atoms with Crippen LogP contribution in [0.3, 0.4) is 0 Å². The lowest BCUT2D eigenvalue weighted by Gasteiger charge is -1.90. The van der Waals surface area contributed by atoms with E-state index in [0.29, 0.717) is 22.8 Å². The molecule has 5 heteroatoms. The maximum Gasteiger partial charge on any atom is 0.125 e. The Hall–Kier alpha value is -1.49. The summed E-state index contributed by atoms with van der Waals surface area (Å²) in [6.45, 7) is 0. The molecule has 0 unspecified atom stereocenters. The highest BCUT2D eigenvalue weighted by molar-refractivity contribution is 7.80. The molecule has 0 bridgehead atoms. The zero-order valence-corrected chi connectivity index (χ0v) is 8.07. The van der Waals surface area contributed by atoms with Crippen LogP contribution < -0.4 is 5.73 Å². The minimum absolute atomic E-state index is 0.289. The van der Waals surface area contributed by atoms with E-state index in [-0.39, 0.29) is 5.82 Å². The van der Waals surface area contributed by atoms with Crippen LogP contribution >= 0.6 is 12.2 Å². The van der Waals surface area contributed by atoms with Gasteiger partial charge in [-0.3, -0.25) is 0 Å². The Morgan fingerprint density at radius 1 is 1.57 bits per heavy atom. The number of hydrogen-bond donors (Lipinski definition) is 2. The van der Waals surface area contributed by atoms with E-state index in [1.807, 2.05) is 0 Å². The van der Waals surface area contributed by atoms with Crippen molar-refractivity contribution in [3.63, 3.8) is 0 Å². The van der Waals surface area contributed by atoms with Crippen molar-refractivity contribution in [3.8, 4) is 0 Å². The van der Waals surface area contributed by atoms with Crippen molar-refractivity contribution in [2.45, 2.75) is 6.42 Å². The van der Waals surface area contributed by atoms with E-state index >= 15 is 0 Å². The van der Waals surface area contributed by atoms with Crippen molar-refractivity contribution >= 4 is 28.2 Å². The summed E-state index contributed by atoms with van der Waals surface area (Å²) in [6.07, 6.45) is 0.408. The van der Waals surface area contributed by atoms with Crippen LogP contribution in [0.4, 0.5) is 4.39 Å². The quantitative estimate of drug-likeness (QED) is 0.737. The summed E-state index contributed by atoms with van der Waals surface area (Å²) in [5.74, 6) is 0.376. The Kier molecular flexibility index (Phi) is 2.17. The van der Waals surface area contributed by atoms with Gasteiger partial charge in [-0.2, -0.15) is 0 Å². The summed E-state index contributed by atoms with van der Waals surface area (Å²) >= 11 is 4.75. The first kappa shape index (κ1) is 9.08. The van der Waals surface area contributed by atoms with Crippen molar-refractivity contribution in [3.05, 3.63) is 29.8 Å². The lowest BCUT2D eigenvalue weighted by molar-refractivity contribution is 0.629.